The Morgan fingerprint density at radius 3 is 2.46 bits per heavy atom. The molecule has 0 heterocycles. The van der Waals surface area contributed by atoms with Crippen LogP contribution in [0.25, 0.3) is 0 Å². The summed E-state index contributed by atoms with van der Waals surface area (Å²) in [5.41, 5.74) is -0.432. The van der Waals surface area contributed by atoms with Gasteiger partial charge in [0.2, 0.25) is 0 Å². The lowest BCUT2D eigenvalue weighted by atomic mass is 9.49. The second-order valence-corrected chi connectivity index (χ2v) is 10.7. The predicted octanol–water partition coefficient (Wildman–Crippen LogP) is 4.05. The zero-order chi connectivity index (χ0) is 18.5. The number of amides is 1. The Hall–Kier alpha value is -0.770. The molecule has 26 heavy (non-hydrogen) atoms. The maximum absolute atomic E-state index is 12.9. The molecule has 4 bridgehead atoms. The van der Waals surface area contributed by atoms with Crippen LogP contribution < -0.4 is 5.32 Å². The first-order chi connectivity index (χ1) is 12.3. The molecule has 0 aromatic rings. The van der Waals surface area contributed by atoms with Gasteiger partial charge in [0.15, 0.2) is 6.61 Å². The Bertz CT molecular complexity index is 578. The molecule has 0 aromatic carbocycles. The van der Waals surface area contributed by atoms with E-state index in [9.17, 15) is 9.59 Å². The summed E-state index contributed by atoms with van der Waals surface area (Å²) in [7, 11) is 0. The Labute approximate surface area is 161 Å². The summed E-state index contributed by atoms with van der Waals surface area (Å²) >= 11 is 6.80. The summed E-state index contributed by atoms with van der Waals surface area (Å²) in [6.07, 6.45) is 9.22. The first kappa shape index (κ1) is 18.6. The molecular formula is C21H32ClNO3. The number of halogens is 1. The van der Waals surface area contributed by atoms with Gasteiger partial charge in [-0.05, 0) is 68.6 Å². The lowest BCUT2D eigenvalue weighted by Crippen LogP contribution is -2.56. The summed E-state index contributed by atoms with van der Waals surface area (Å²) in [4.78, 5) is 25.0. The Balaban J connectivity index is 1.32. The van der Waals surface area contributed by atoms with Gasteiger partial charge in [-0.25, -0.2) is 0 Å². The van der Waals surface area contributed by atoms with E-state index < -0.39 is 5.41 Å². The van der Waals surface area contributed by atoms with E-state index in [4.69, 9.17) is 16.3 Å². The number of ether oxygens (including phenoxy) is 1. The van der Waals surface area contributed by atoms with Gasteiger partial charge in [0.25, 0.3) is 5.91 Å². The summed E-state index contributed by atoms with van der Waals surface area (Å²) < 4.78 is 5.53. The average Bonchev–Trinajstić information content (AvgIpc) is 2.54. The monoisotopic (exact) mass is 381 g/mol. The Morgan fingerprint density at radius 1 is 1.12 bits per heavy atom. The Kier molecular flexibility index (Phi) is 4.78. The van der Waals surface area contributed by atoms with Gasteiger partial charge in [0.05, 0.1) is 5.41 Å². The SMILES string of the molecule is C[C@H]1[C@@H](C)CCC[C@H]1NC(=O)COC(=O)C12C[C@@H]3C[C@H](CC(Cl)(C3)C1)C2. The molecule has 5 atom stereocenters. The van der Waals surface area contributed by atoms with Crippen LogP contribution in [0.4, 0.5) is 0 Å². The largest absolute Gasteiger partial charge is 0.455 e. The fourth-order valence-corrected chi connectivity index (χ4v) is 7.40. The molecule has 1 N–H and O–H groups in total. The second kappa shape index (κ2) is 6.68. The van der Waals surface area contributed by atoms with E-state index in [0.29, 0.717) is 23.7 Å². The highest BCUT2D eigenvalue weighted by molar-refractivity contribution is 6.24. The topological polar surface area (TPSA) is 55.4 Å². The van der Waals surface area contributed by atoms with Crippen LogP contribution in [0, 0.1) is 29.1 Å². The van der Waals surface area contributed by atoms with Gasteiger partial charge in [-0.1, -0.05) is 26.7 Å². The van der Waals surface area contributed by atoms with Gasteiger partial charge < -0.3 is 10.1 Å². The number of nitrogens with one attached hydrogen (secondary N) is 1. The molecule has 0 unspecified atom stereocenters. The highest BCUT2D eigenvalue weighted by Crippen LogP contribution is 2.64. The van der Waals surface area contributed by atoms with Crippen LogP contribution in [-0.2, 0) is 14.3 Å². The van der Waals surface area contributed by atoms with Crippen molar-refractivity contribution in [1.29, 1.82) is 0 Å². The van der Waals surface area contributed by atoms with Crippen molar-refractivity contribution in [3.8, 4) is 0 Å². The molecule has 5 fully saturated rings. The van der Waals surface area contributed by atoms with Crippen molar-refractivity contribution in [3.05, 3.63) is 0 Å². The van der Waals surface area contributed by atoms with Crippen molar-refractivity contribution in [2.45, 2.75) is 82.6 Å². The molecule has 0 spiro atoms. The molecule has 1 amide bonds. The zero-order valence-electron chi connectivity index (χ0n) is 16.1. The molecule has 5 saturated carbocycles. The quantitative estimate of drug-likeness (QED) is 0.590. The molecule has 146 valence electrons. The summed E-state index contributed by atoms with van der Waals surface area (Å²) in [6, 6.07) is 0.204. The van der Waals surface area contributed by atoms with Crippen molar-refractivity contribution in [2.24, 2.45) is 29.1 Å². The van der Waals surface area contributed by atoms with Crippen LogP contribution >= 0.6 is 11.6 Å². The second-order valence-electron chi connectivity index (χ2n) is 9.91. The normalized spacial score (nSPS) is 46.8. The fraction of sp³-hybridized carbons (Fsp3) is 0.905. The number of alkyl halides is 1. The van der Waals surface area contributed by atoms with E-state index in [1.807, 2.05) is 0 Å². The van der Waals surface area contributed by atoms with Crippen molar-refractivity contribution in [1.82, 2.24) is 5.32 Å². The minimum atomic E-state index is -0.432. The maximum Gasteiger partial charge on any atom is 0.312 e. The fourth-order valence-electron chi connectivity index (χ4n) is 6.71. The molecule has 0 aliphatic heterocycles. The van der Waals surface area contributed by atoms with Crippen LogP contribution in [0.5, 0.6) is 0 Å². The van der Waals surface area contributed by atoms with E-state index in [1.54, 1.807) is 0 Å². The number of carbonyl (C=O) groups excluding carboxylic acids is 2. The van der Waals surface area contributed by atoms with Crippen LogP contribution in [0.2, 0.25) is 0 Å². The summed E-state index contributed by atoms with van der Waals surface area (Å²) in [6.45, 7) is 4.30. The van der Waals surface area contributed by atoms with Gasteiger partial charge in [-0.3, -0.25) is 9.59 Å². The number of rotatable bonds is 4. The average molecular weight is 382 g/mol. The summed E-state index contributed by atoms with van der Waals surface area (Å²) in [5, 5.41) is 3.09. The molecule has 5 heteroatoms. The molecule has 0 saturated heterocycles. The van der Waals surface area contributed by atoms with Gasteiger partial charge in [-0.2, -0.15) is 0 Å². The zero-order valence-corrected chi connectivity index (χ0v) is 16.8. The van der Waals surface area contributed by atoms with E-state index in [2.05, 4.69) is 19.2 Å². The smallest absolute Gasteiger partial charge is 0.312 e. The third-order valence-electron chi connectivity index (χ3n) is 7.81. The van der Waals surface area contributed by atoms with Crippen LogP contribution in [-0.4, -0.2) is 29.4 Å². The maximum atomic E-state index is 12.9. The van der Waals surface area contributed by atoms with Crippen molar-refractivity contribution in [3.63, 3.8) is 0 Å². The molecule has 5 rings (SSSR count). The highest BCUT2D eigenvalue weighted by Gasteiger charge is 2.60. The highest BCUT2D eigenvalue weighted by atomic mass is 35.5. The summed E-state index contributed by atoms with van der Waals surface area (Å²) in [5.74, 6) is 1.87. The van der Waals surface area contributed by atoms with Crippen molar-refractivity contribution in [2.75, 3.05) is 6.61 Å². The van der Waals surface area contributed by atoms with E-state index in [0.717, 1.165) is 44.9 Å². The van der Waals surface area contributed by atoms with Gasteiger partial charge in [0, 0.05) is 10.9 Å². The standard InChI is InChI=1S/C21H32ClNO3/c1-13-4-3-5-17(14(13)2)23-18(24)11-26-19(25)20-7-15-6-16(8-20)10-21(22,9-15)12-20/h13-17H,3-12H2,1-2H3,(H,23,24)/t13-,14-,15-,16-,17+,20?,21?/m0/s1. The third-order valence-corrected chi connectivity index (χ3v) is 8.25. The van der Waals surface area contributed by atoms with Crippen LogP contribution in [0.15, 0.2) is 0 Å². The third kappa shape index (κ3) is 3.39. The van der Waals surface area contributed by atoms with Crippen LogP contribution in [0.1, 0.15) is 71.6 Å². The molecule has 0 aromatic heterocycles. The number of hydrogen-bond donors (Lipinski definition) is 1. The van der Waals surface area contributed by atoms with Gasteiger partial charge in [-0.15, -0.1) is 11.6 Å². The van der Waals surface area contributed by atoms with Gasteiger partial charge in [0.1, 0.15) is 0 Å². The molecule has 4 nitrogen and oxygen atoms in total. The first-order valence-electron chi connectivity index (χ1n) is 10.4. The minimum absolute atomic E-state index is 0.150. The molecule has 5 aliphatic rings. The molecular weight excluding hydrogens is 350 g/mol. The van der Waals surface area contributed by atoms with Gasteiger partial charge >= 0.3 is 5.97 Å². The van der Waals surface area contributed by atoms with E-state index in [-0.39, 0.29) is 29.4 Å². The lowest BCUT2D eigenvalue weighted by molar-refractivity contribution is -0.172. The van der Waals surface area contributed by atoms with Crippen LogP contribution in [0.3, 0.4) is 0 Å². The van der Waals surface area contributed by atoms with E-state index in [1.165, 1.54) is 12.8 Å². The van der Waals surface area contributed by atoms with Crippen molar-refractivity contribution < 1.29 is 14.3 Å². The molecule has 5 aliphatic carbocycles. The number of carbonyl (C=O) groups is 2. The van der Waals surface area contributed by atoms with E-state index >= 15 is 0 Å². The van der Waals surface area contributed by atoms with Crippen molar-refractivity contribution >= 4 is 23.5 Å². The molecule has 0 radical (unpaired) electrons. The number of esters is 1. The lowest BCUT2D eigenvalue weighted by Gasteiger charge is -2.58. The predicted molar refractivity (Wildman–Crippen MR) is 101 cm³/mol. The number of hydrogen-bond acceptors (Lipinski definition) is 3. The Morgan fingerprint density at radius 2 is 1.81 bits per heavy atom. The first-order valence-corrected chi connectivity index (χ1v) is 10.8. The minimum Gasteiger partial charge on any atom is -0.455 e.